The summed E-state index contributed by atoms with van der Waals surface area (Å²) in [6.45, 7) is 6.19. The first-order chi connectivity index (χ1) is 19.0. The van der Waals surface area contributed by atoms with Crippen molar-refractivity contribution >= 4 is 52.6 Å². The summed E-state index contributed by atoms with van der Waals surface area (Å²) in [5.41, 5.74) is -1.51. The molecule has 2 aromatic carbocycles. The summed E-state index contributed by atoms with van der Waals surface area (Å²) in [5, 5.41) is 2.99. The van der Waals surface area contributed by atoms with Gasteiger partial charge in [-0.25, -0.2) is 9.88 Å². The van der Waals surface area contributed by atoms with Gasteiger partial charge in [0.1, 0.15) is 29.1 Å². The first-order valence-corrected chi connectivity index (χ1v) is 13.0. The highest BCUT2D eigenvalue weighted by atomic mass is 35.5. The Balaban J connectivity index is 1.72. The average molecular weight is 613 g/mol. The van der Waals surface area contributed by atoms with Gasteiger partial charge in [0.25, 0.3) is 11.8 Å². The highest BCUT2D eigenvalue weighted by Gasteiger charge is 2.51. The minimum Gasteiger partial charge on any atom is -0.459 e. The monoisotopic (exact) mass is 612 g/mol. The average Bonchev–Trinajstić information content (AvgIpc) is 3.34. The Kier molecular flexibility index (Phi) is 8.03. The van der Waals surface area contributed by atoms with Crippen molar-refractivity contribution in [3.8, 4) is 5.75 Å². The lowest BCUT2D eigenvalue weighted by Gasteiger charge is -2.26. The van der Waals surface area contributed by atoms with Crippen molar-refractivity contribution in [1.29, 1.82) is 0 Å². The summed E-state index contributed by atoms with van der Waals surface area (Å²) in [5.74, 6) is -2.22. The van der Waals surface area contributed by atoms with Crippen LogP contribution in [0.1, 0.15) is 43.7 Å². The lowest BCUT2D eigenvalue weighted by atomic mass is 9.91. The molecule has 14 heteroatoms. The van der Waals surface area contributed by atoms with E-state index in [1.807, 2.05) is 0 Å². The number of esters is 1. The highest BCUT2D eigenvalue weighted by Crippen LogP contribution is 2.43. The maximum absolute atomic E-state index is 14.0. The number of imidazole rings is 1. The second-order valence-corrected chi connectivity index (χ2v) is 11.3. The molecule has 0 radical (unpaired) electrons. The number of fused-ring (bicyclic) bond motifs is 1. The minimum atomic E-state index is -4.86. The fourth-order valence-electron chi connectivity index (χ4n) is 4.46. The topological polar surface area (TPSA) is 103 Å². The van der Waals surface area contributed by atoms with Gasteiger partial charge in [-0.3, -0.25) is 19.0 Å². The highest BCUT2D eigenvalue weighted by molar-refractivity contribution is 6.35. The van der Waals surface area contributed by atoms with Crippen LogP contribution in [0.5, 0.6) is 5.75 Å². The number of amides is 2. The van der Waals surface area contributed by atoms with Crippen LogP contribution in [0.4, 0.5) is 24.8 Å². The molecule has 0 bridgehead atoms. The fourth-order valence-corrected chi connectivity index (χ4v) is 4.97. The largest absolute Gasteiger partial charge is 0.573 e. The molecular weight excluding hydrogens is 588 g/mol. The first-order valence-electron chi connectivity index (χ1n) is 12.2. The molecule has 4 rings (SSSR count). The number of benzene rings is 2. The molecule has 0 saturated carbocycles. The van der Waals surface area contributed by atoms with Crippen molar-refractivity contribution in [3.63, 3.8) is 0 Å². The van der Waals surface area contributed by atoms with Gasteiger partial charge >= 0.3 is 12.3 Å². The first kappa shape index (κ1) is 30.2. The van der Waals surface area contributed by atoms with Gasteiger partial charge < -0.3 is 14.8 Å². The Labute approximate surface area is 243 Å². The van der Waals surface area contributed by atoms with E-state index in [4.69, 9.17) is 27.9 Å². The summed E-state index contributed by atoms with van der Waals surface area (Å²) in [7, 11) is 0. The van der Waals surface area contributed by atoms with E-state index in [-0.39, 0.29) is 33.8 Å². The van der Waals surface area contributed by atoms with E-state index in [1.54, 1.807) is 27.7 Å². The van der Waals surface area contributed by atoms with Crippen LogP contribution in [0.2, 0.25) is 10.0 Å². The number of nitrogens with one attached hydrogen (secondary N) is 1. The number of carbonyl (C=O) groups is 3. The van der Waals surface area contributed by atoms with Gasteiger partial charge in [0, 0.05) is 16.5 Å². The smallest absolute Gasteiger partial charge is 0.459 e. The molecule has 1 N–H and O–H groups in total. The minimum absolute atomic E-state index is 0.0351. The molecule has 1 unspecified atom stereocenters. The lowest BCUT2D eigenvalue weighted by Crippen LogP contribution is -2.43. The van der Waals surface area contributed by atoms with Crippen LogP contribution in [-0.2, 0) is 26.3 Å². The van der Waals surface area contributed by atoms with E-state index in [2.05, 4.69) is 15.0 Å². The van der Waals surface area contributed by atoms with Crippen LogP contribution in [-0.4, -0.2) is 45.8 Å². The number of hydrogen-bond acceptors (Lipinski definition) is 6. The Morgan fingerprint density at radius 2 is 1.66 bits per heavy atom. The molecule has 2 heterocycles. The molecule has 3 aromatic rings. The Morgan fingerprint density at radius 1 is 1.05 bits per heavy atom. The third-order valence-electron chi connectivity index (χ3n) is 5.96. The van der Waals surface area contributed by atoms with Gasteiger partial charge in [0.05, 0.1) is 11.9 Å². The van der Waals surface area contributed by atoms with Gasteiger partial charge in [0.15, 0.2) is 0 Å². The van der Waals surface area contributed by atoms with Crippen LogP contribution >= 0.6 is 23.2 Å². The van der Waals surface area contributed by atoms with Crippen LogP contribution in [0.25, 0.3) is 0 Å². The lowest BCUT2D eigenvalue weighted by molar-refractivity contribution is -0.274. The second kappa shape index (κ2) is 10.9. The number of alkyl halides is 3. The Bertz CT molecular complexity index is 1480. The predicted molar refractivity (Wildman–Crippen MR) is 144 cm³/mol. The SMILES string of the molecule is CC(C)(C)OC(=O)CNC(=O)c1cnc2n1C(C)(Cc1ccc(OC(F)(F)F)cc1)C(=O)N2c1cc(Cl)cc(Cl)c1. The molecule has 0 spiro atoms. The second-order valence-electron chi connectivity index (χ2n) is 10.5. The third kappa shape index (κ3) is 6.76. The molecule has 218 valence electrons. The summed E-state index contributed by atoms with van der Waals surface area (Å²) < 4.78 is 48.4. The number of ether oxygens (including phenoxy) is 2. The van der Waals surface area contributed by atoms with Crippen LogP contribution in [0.3, 0.4) is 0 Å². The molecule has 9 nitrogen and oxygen atoms in total. The third-order valence-corrected chi connectivity index (χ3v) is 6.39. The van der Waals surface area contributed by atoms with Crippen molar-refractivity contribution in [2.45, 2.75) is 51.6 Å². The van der Waals surface area contributed by atoms with Gasteiger partial charge in [-0.1, -0.05) is 35.3 Å². The number of aromatic nitrogens is 2. The number of rotatable bonds is 7. The molecule has 1 aliphatic rings. The molecule has 2 amide bonds. The molecule has 0 fully saturated rings. The maximum atomic E-state index is 14.0. The molecule has 41 heavy (non-hydrogen) atoms. The quantitative estimate of drug-likeness (QED) is 0.338. The molecule has 1 aliphatic heterocycles. The van der Waals surface area contributed by atoms with Gasteiger partial charge in [-0.05, 0) is 63.6 Å². The molecule has 0 aliphatic carbocycles. The zero-order valence-corrected chi connectivity index (χ0v) is 23.8. The van der Waals surface area contributed by atoms with Crippen molar-refractivity contribution in [2.24, 2.45) is 0 Å². The number of anilines is 2. The van der Waals surface area contributed by atoms with Crippen LogP contribution in [0.15, 0.2) is 48.7 Å². The predicted octanol–water partition coefficient (Wildman–Crippen LogP) is 5.80. The number of carbonyl (C=O) groups excluding carboxylic acids is 3. The number of hydrogen-bond donors (Lipinski definition) is 1. The molecule has 1 atom stereocenters. The van der Waals surface area contributed by atoms with Crippen LogP contribution in [0, 0.1) is 0 Å². The van der Waals surface area contributed by atoms with E-state index in [0.29, 0.717) is 5.56 Å². The summed E-state index contributed by atoms with van der Waals surface area (Å²) in [6, 6.07) is 9.52. The van der Waals surface area contributed by atoms with Crippen molar-refractivity contribution in [3.05, 3.63) is 70.0 Å². The number of nitrogens with zero attached hydrogens (tertiary/aromatic N) is 3. The Morgan fingerprint density at radius 3 is 2.22 bits per heavy atom. The standard InChI is InChI=1S/C27H25Cl2F3N4O5/c1-25(2,3)41-21(37)14-33-22(38)20-13-34-24-35(18-10-16(28)9-17(29)11-18)23(39)26(4,36(20)24)12-15-5-7-19(8-6-15)40-27(30,31)32/h5-11,13H,12,14H2,1-4H3,(H,33,38). The molecule has 1 aromatic heterocycles. The van der Waals surface area contributed by atoms with Gasteiger partial charge in [-0.2, -0.15) is 0 Å². The van der Waals surface area contributed by atoms with Crippen molar-refractivity contribution < 1.29 is 37.0 Å². The van der Waals surface area contributed by atoms with E-state index in [9.17, 15) is 27.6 Å². The van der Waals surface area contributed by atoms with E-state index in [1.165, 1.54) is 46.0 Å². The number of halogens is 5. The maximum Gasteiger partial charge on any atom is 0.573 e. The normalized spacial score (nSPS) is 16.9. The molecular formula is C27H25Cl2F3N4O5. The van der Waals surface area contributed by atoms with Crippen molar-refractivity contribution in [2.75, 3.05) is 11.4 Å². The van der Waals surface area contributed by atoms with Crippen molar-refractivity contribution in [1.82, 2.24) is 14.9 Å². The van der Waals surface area contributed by atoms with Gasteiger partial charge in [0.2, 0.25) is 5.95 Å². The van der Waals surface area contributed by atoms with E-state index in [0.717, 1.165) is 12.1 Å². The zero-order valence-electron chi connectivity index (χ0n) is 22.3. The fraction of sp³-hybridized carbons (Fsp3) is 0.333. The van der Waals surface area contributed by atoms with Gasteiger partial charge in [-0.15, -0.1) is 13.2 Å². The van der Waals surface area contributed by atoms with E-state index < -0.39 is 47.6 Å². The summed E-state index contributed by atoms with van der Waals surface area (Å²) in [4.78, 5) is 45.0. The van der Waals surface area contributed by atoms with Crippen LogP contribution < -0.4 is 15.0 Å². The summed E-state index contributed by atoms with van der Waals surface area (Å²) >= 11 is 12.4. The summed E-state index contributed by atoms with van der Waals surface area (Å²) in [6.07, 6.45) is -3.65. The van der Waals surface area contributed by atoms with E-state index >= 15 is 0 Å². The zero-order chi connectivity index (χ0) is 30.3. The molecule has 0 saturated heterocycles. The Hall–Kier alpha value is -3.77.